The molecule has 1 aliphatic rings. The summed E-state index contributed by atoms with van der Waals surface area (Å²) in [4.78, 5) is 2.30. The molecule has 0 amide bonds. The molecule has 2 heterocycles. The summed E-state index contributed by atoms with van der Waals surface area (Å²) in [6.07, 6.45) is 3.05. The molecule has 16 heavy (non-hydrogen) atoms. The number of anilines is 2. The van der Waals surface area contributed by atoms with Gasteiger partial charge in [-0.3, -0.25) is 4.68 Å². The zero-order valence-corrected chi connectivity index (χ0v) is 11.0. The molecule has 1 fully saturated rings. The average Bonchev–Trinajstić information content (AvgIpc) is 2.41. The number of hydrogen-bond donors (Lipinski definition) is 1. The summed E-state index contributed by atoms with van der Waals surface area (Å²) < 4.78 is 2.16. The SMILES string of the molecule is Cn1cc(N)c(N2CCSC(C)(C)CC2)n1. The molecule has 2 N–H and O–H groups in total. The summed E-state index contributed by atoms with van der Waals surface area (Å²) in [5, 5.41) is 4.43. The Morgan fingerprint density at radius 2 is 2.19 bits per heavy atom. The molecular formula is C11H20N4S. The fraction of sp³-hybridized carbons (Fsp3) is 0.727. The van der Waals surface area contributed by atoms with Crippen molar-refractivity contribution in [2.75, 3.05) is 29.5 Å². The smallest absolute Gasteiger partial charge is 0.173 e. The van der Waals surface area contributed by atoms with E-state index < -0.39 is 0 Å². The largest absolute Gasteiger partial charge is 0.394 e. The van der Waals surface area contributed by atoms with Crippen LogP contribution in [-0.4, -0.2) is 33.4 Å². The fourth-order valence-electron chi connectivity index (χ4n) is 1.97. The van der Waals surface area contributed by atoms with Gasteiger partial charge in [0.2, 0.25) is 0 Å². The van der Waals surface area contributed by atoms with Gasteiger partial charge in [-0.05, 0) is 6.42 Å². The van der Waals surface area contributed by atoms with Crippen LogP contribution in [0.25, 0.3) is 0 Å². The third-order valence-corrected chi connectivity index (χ3v) is 4.35. The van der Waals surface area contributed by atoms with Crippen molar-refractivity contribution in [3.63, 3.8) is 0 Å². The second-order valence-corrected chi connectivity index (χ2v) is 6.73. The molecule has 0 bridgehead atoms. The highest BCUT2D eigenvalue weighted by atomic mass is 32.2. The van der Waals surface area contributed by atoms with Crippen LogP contribution in [0.2, 0.25) is 0 Å². The van der Waals surface area contributed by atoms with Crippen LogP contribution in [0.5, 0.6) is 0 Å². The Morgan fingerprint density at radius 3 is 2.81 bits per heavy atom. The number of nitrogens with zero attached hydrogens (tertiary/aromatic N) is 3. The molecule has 0 unspecified atom stereocenters. The Morgan fingerprint density at radius 1 is 1.44 bits per heavy atom. The van der Waals surface area contributed by atoms with Crippen molar-refractivity contribution in [3.8, 4) is 0 Å². The van der Waals surface area contributed by atoms with Crippen LogP contribution in [0, 0.1) is 0 Å². The van der Waals surface area contributed by atoms with Crippen molar-refractivity contribution in [1.29, 1.82) is 0 Å². The van der Waals surface area contributed by atoms with Gasteiger partial charge in [-0.2, -0.15) is 16.9 Å². The van der Waals surface area contributed by atoms with Gasteiger partial charge in [0.1, 0.15) is 0 Å². The lowest BCUT2D eigenvalue weighted by molar-refractivity contribution is 0.631. The van der Waals surface area contributed by atoms with Crippen LogP contribution in [0.15, 0.2) is 6.20 Å². The normalized spacial score (nSPS) is 20.8. The minimum absolute atomic E-state index is 0.373. The molecule has 90 valence electrons. The van der Waals surface area contributed by atoms with Crippen molar-refractivity contribution >= 4 is 23.3 Å². The summed E-state index contributed by atoms with van der Waals surface area (Å²) in [5.74, 6) is 2.09. The Bertz CT molecular complexity index is 372. The fourth-order valence-corrected chi connectivity index (χ4v) is 3.07. The van der Waals surface area contributed by atoms with Crippen molar-refractivity contribution in [3.05, 3.63) is 6.20 Å². The highest BCUT2D eigenvalue weighted by molar-refractivity contribution is 8.00. The number of rotatable bonds is 1. The third kappa shape index (κ3) is 2.45. The van der Waals surface area contributed by atoms with E-state index in [1.54, 1.807) is 4.68 Å². The number of thioether (sulfide) groups is 1. The first-order valence-electron chi connectivity index (χ1n) is 5.66. The van der Waals surface area contributed by atoms with E-state index >= 15 is 0 Å². The molecular weight excluding hydrogens is 220 g/mol. The second-order valence-electron chi connectivity index (χ2n) is 4.93. The molecule has 1 aliphatic heterocycles. The monoisotopic (exact) mass is 240 g/mol. The molecule has 1 aromatic heterocycles. The number of nitrogens with two attached hydrogens (primary N) is 1. The van der Waals surface area contributed by atoms with Crippen LogP contribution < -0.4 is 10.6 Å². The van der Waals surface area contributed by atoms with Crippen LogP contribution in [0.1, 0.15) is 20.3 Å². The topological polar surface area (TPSA) is 47.1 Å². The Labute approximate surface area is 101 Å². The van der Waals surface area contributed by atoms with Gasteiger partial charge in [-0.15, -0.1) is 0 Å². The number of hydrogen-bond acceptors (Lipinski definition) is 4. The quantitative estimate of drug-likeness (QED) is 0.812. The van der Waals surface area contributed by atoms with Crippen LogP contribution in [-0.2, 0) is 7.05 Å². The summed E-state index contributed by atoms with van der Waals surface area (Å²) >= 11 is 2.04. The molecule has 5 heteroatoms. The summed E-state index contributed by atoms with van der Waals surface area (Å²) in [6, 6.07) is 0. The van der Waals surface area contributed by atoms with Gasteiger partial charge < -0.3 is 10.6 Å². The van der Waals surface area contributed by atoms with E-state index in [2.05, 4.69) is 23.8 Å². The van der Waals surface area contributed by atoms with E-state index in [4.69, 9.17) is 5.73 Å². The van der Waals surface area contributed by atoms with Crippen LogP contribution in [0.3, 0.4) is 0 Å². The van der Waals surface area contributed by atoms with E-state index in [0.717, 1.165) is 30.3 Å². The van der Waals surface area contributed by atoms with Gasteiger partial charge >= 0.3 is 0 Å². The van der Waals surface area contributed by atoms with Crippen molar-refractivity contribution in [2.45, 2.75) is 25.0 Å². The summed E-state index contributed by atoms with van der Waals surface area (Å²) in [7, 11) is 1.91. The number of aromatic nitrogens is 2. The van der Waals surface area contributed by atoms with E-state index in [9.17, 15) is 0 Å². The van der Waals surface area contributed by atoms with Gasteiger partial charge in [0, 0.05) is 36.8 Å². The third-order valence-electron chi connectivity index (χ3n) is 2.97. The first-order valence-corrected chi connectivity index (χ1v) is 6.64. The Hall–Kier alpha value is -0.840. The first kappa shape index (κ1) is 11.6. The van der Waals surface area contributed by atoms with Gasteiger partial charge in [0.25, 0.3) is 0 Å². The van der Waals surface area contributed by atoms with Crippen LogP contribution >= 0.6 is 11.8 Å². The van der Waals surface area contributed by atoms with Crippen molar-refractivity contribution in [1.82, 2.24) is 9.78 Å². The maximum Gasteiger partial charge on any atom is 0.173 e. The Balaban J connectivity index is 2.13. The molecule has 0 spiro atoms. The molecule has 0 radical (unpaired) electrons. The van der Waals surface area contributed by atoms with E-state index in [0.29, 0.717) is 4.75 Å². The predicted molar refractivity (Wildman–Crippen MR) is 71.0 cm³/mol. The van der Waals surface area contributed by atoms with E-state index in [1.807, 2.05) is 25.0 Å². The first-order chi connectivity index (χ1) is 7.48. The van der Waals surface area contributed by atoms with E-state index in [1.165, 1.54) is 6.42 Å². The molecule has 4 nitrogen and oxygen atoms in total. The molecule has 1 saturated heterocycles. The molecule has 0 aliphatic carbocycles. The average molecular weight is 240 g/mol. The summed E-state index contributed by atoms with van der Waals surface area (Å²) in [5.41, 5.74) is 6.74. The number of aryl methyl sites for hydroxylation is 1. The lowest BCUT2D eigenvalue weighted by atomic mass is 10.1. The Kier molecular flexibility index (Phi) is 3.06. The minimum atomic E-state index is 0.373. The minimum Gasteiger partial charge on any atom is -0.394 e. The van der Waals surface area contributed by atoms with Gasteiger partial charge in [0.05, 0.1) is 5.69 Å². The maximum atomic E-state index is 5.96. The zero-order valence-electron chi connectivity index (χ0n) is 10.2. The van der Waals surface area contributed by atoms with E-state index in [-0.39, 0.29) is 0 Å². The second kappa shape index (κ2) is 4.20. The molecule has 1 aromatic rings. The van der Waals surface area contributed by atoms with Crippen molar-refractivity contribution in [2.24, 2.45) is 7.05 Å². The van der Waals surface area contributed by atoms with Crippen molar-refractivity contribution < 1.29 is 0 Å². The highest BCUT2D eigenvalue weighted by Gasteiger charge is 2.25. The molecule has 0 aromatic carbocycles. The zero-order chi connectivity index (χ0) is 11.8. The maximum absolute atomic E-state index is 5.96. The summed E-state index contributed by atoms with van der Waals surface area (Å²) in [6.45, 7) is 6.70. The lowest BCUT2D eigenvalue weighted by Crippen LogP contribution is -2.28. The van der Waals surface area contributed by atoms with Gasteiger partial charge in [-0.25, -0.2) is 0 Å². The predicted octanol–water partition coefficient (Wildman–Crippen LogP) is 1.72. The van der Waals surface area contributed by atoms with Crippen LogP contribution in [0.4, 0.5) is 11.5 Å². The molecule has 0 atom stereocenters. The molecule has 0 saturated carbocycles. The van der Waals surface area contributed by atoms with Gasteiger partial charge in [0.15, 0.2) is 5.82 Å². The lowest BCUT2D eigenvalue weighted by Gasteiger charge is -2.22. The standard InChI is InChI=1S/C11H20N4S/c1-11(2)4-5-15(6-7-16-11)10-9(12)8-14(3)13-10/h8H,4-7,12H2,1-3H3. The highest BCUT2D eigenvalue weighted by Crippen LogP contribution is 2.33. The number of nitrogen functional groups attached to an aromatic ring is 1. The molecule has 2 rings (SSSR count). The van der Waals surface area contributed by atoms with Gasteiger partial charge in [-0.1, -0.05) is 13.8 Å².